The predicted octanol–water partition coefficient (Wildman–Crippen LogP) is 5.50. The molecular formula is C29H28N2O4. The molecule has 0 bridgehead atoms. The van der Waals surface area contributed by atoms with E-state index in [2.05, 4.69) is 10.6 Å². The number of allylic oxidation sites excluding steroid dienone is 1. The van der Waals surface area contributed by atoms with Gasteiger partial charge in [0.15, 0.2) is 5.78 Å². The lowest BCUT2D eigenvalue weighted by Gasteiger charge is -2.32. The van der Waals surface area contributed by atoms with E-state index in [0.717, 1.165) is 28.2 Å². The van der Waals surface area contributed by atoms with Crippen molar-refractivity contribution in [3.63, 3.8) is 0 Å². The molecule has 2 N–H and O–H groups in total. The van der Waals surface area contributed by atoms with Crippen LogP contribution in [0.1, 0.15) is 30.5 Å². The number of Topliss-reactive ketones (excluding diaryl/α,β-unsaturated/α-hetero) is 1. The van der Waals surface area contributed by atoms with Gasteiger partial charge >= 0.3 is 5.97 Å². The Hall–Kier alpha value is -4.06. The minimum Gasteiger partial charge on any atom is -0.489 e. The predicted molar refractivity (Wildman–Crippen MR) is 135 cm³/mol. The monoisotopic (exact) mass is 468 g/mol. The van der Waals surface area contributed by atoms with Crippen molar-refractivity contribution in [1.82, 2.24) is 0 Å². The first-order valence-corrected chi connectivity index (χ1v) is 11.8. The second-order valence-electron chi connectivity index (χ2n) is 9.03. The lowest BCUT2D eigenvalue weighted by atomic mass is 9.75. The molecule has 35 heavy (non-hydrogen) atoms. The molecule has 3 atom stereocenters. The first-order chi connectivity index (χ1) is 17.0. The summed E-state index contributed by atoms with van der Waals surface area (Å²) in [6.45, 7) is 2.36. The zero-order valence-corrected chi connectivity index (χ0v) is 19.8. The Bertz CT molecular complexity index is 1280. The van der Waals surface area contributed by atoms with Crippen LogP contribution in [0.25, 0.3) is 0 Å². The number of ether oxygens (including phenoxy) is 2. The third-order valence-corrected chi connectivity index (χ3v) is 6.66. The van der Waals surface area contributed by atoms with Crippen LogP contribution in [0.4, 0.5) is 11.4 Å². The van der Waals surface area contributed by atoms with Crippen LogP contribution in [0.2, 0.25) is 0 Å². The highest BCUT2D eigenvalue weighted by Gasteiger charge is 2.44. The Morgan fingerprint density at radius 1 is 0.971 bits per heavy atom. The Balaban J connectivity index is 1.54. The maximum absolute atomic E-state index is 13.8. The topological polar surface area (TPSA) is 76.7 Å². The number of benzene rings is 3. The molecule has 0 saturated heterocycles. The van der Waals surface area contributed by atoms with Gasteiger partial charge in [0, 0.05) is 11.3 Å². The van der Waals surface area contributed by atoms with Gasteiger partial charge in [0.05, 0.1) is 24.5 Å². The Labute approximate surface area is 205 Å². The van der Waals surface area contributed by atoms with E-state index in [1.165, 1.54) is 7.11 Å². The summed E-state index contributed by atoms with van der Waals surface area (Å²) in [7, 11) is 1.33. The van der Waals surface area contributed by atoms with E-state index < -0.39 is 17.9 Å². The van der Waals surface area contributed by atoms with Gasteiger partial charge in [0.1, 0.15) is 18.3 Å². The summed E-state index contributed by atoms with van der Waals surface area (Å²) in [6, 6.07) is 25.2. The Kier molecular flexibility index (Phi) is 6.27. The summed E-state index contributed by atoms with van der Waals surface area (Å²) >= 11 is 0. The average Bonchev–Trinajstić information content (AvgIpc) is 3.05. The van der Waals surface area contributed by atoms with E-state index in [9.17, 15) is 9.59 Å². The maximum Gasteiger partial charge on any atom is 0.316 e. The van der Waals surface area contributed by atoms with Crippen LogP contribution in [-0.4, -0.2) is 18.9 Å². The van der Waals surface area contributed by atoms with Gasteiger partial charge in [-0.1, -0.05) is 61.5 Å². The van der Waals surface area contributed by atoms with E-state index in [0.29, 0.717) is 24.4 Å². The molecule has 0 fully saturated rings. The quantitative estimate of drug-likeness (QED) is 0.381. The molecule has 0 aromatic heterocycles. The van der Waals surface area contributed by atoms with Crippen LogP contribution in [0.3, 0.4) is 0 Å². The lowest BCUT2D eigenvalue weighted by Crippen LogP contribution is -2.39. The molecule has 0 radical (unpaired) electrons. The van der Waals surface area contributed by atoms with Crippen molar-refractivity contribution in [3.05, 3.63) is 101 Å². The normalized spacial score (nSPS) is 21.1. The van der Waals surface area contributed by atoms with Crippen molar-refractivity contribution in [1.29, 1.82) is 0 Å². The first kappa shape index (κ1) is 22.7. The summed E-state index contributed by atoms with van der Waals surface area (Å²) in [5.41, 5.74) is 5.14. The Morgan fingerprint density at radius 3 is 2.49 bits per heavy atom. The number of methoxy groups -OCH3 is 1. The SMILES string of the molecule is COC(=O)[C@@H]1C(=O)C2=C(C[C@@H]1C)Nc1ccccc1N[C@H]2c1cccc(OCc2ccccc2)c1. The van der Waals surface area contributed by atoms with Crippen LogP contribution >= 0.6 is 0 Å². The lowest BCUT2D eigenvalue weighted by molar-refractivity contribution is -0.151. The first-order valence-electron chi connectivity index (χ1n) is 11.8. The zero-order chi connectivity index (χ0) is 24.4. The number of nitrogens with one attached hydrogen (secondary N) is 2. The van der Waals surface area contributed by atoms with Crippen molar-refractivity contribution in [3.8, 4) is 5.75 Å². The summed E-state index contributed by atoms with van der Waals surface area (Å²) in [5.74, 6) is -0.994. The highest BCUT2D eigenvalue weighted by molar-refractivity contribution is 6.11. The molecule has 5 rings (SSSR count). The minimum atomic E-state index is -0.830. The van der Waals surface area contributed by atoms with Gasteiger partial charge in [-0.2, -0.15) is 0 Å². The number of carbonyl (C=O) groups excluding carboxylic acids is 2. The van der Waals surface area contributed by atoms with Gasteiger partial charge in [-0.25, -0.2) is 0 Å². The number of ketones is 1. The third-order valence-electron chi connectivity index (χ3n) is 6.66. The van der Waals surface area contributed by atoms with Gasteiger partial charge in [0.25, 0.3) is 0 Å². The van der Waals surface area contributed by atoms with E-state index in [-0.39, 0.29) is 11.7 Å². The maximum atomic E-state index is 13.8. The van der Waals surface area contributed by atoms with Crippen LogP contribution in [0.5, 0.6) is 5.75 Å². The summed E-state index contributed by atoms with van der Waals surface area (Å²) in [4.78, 5) is 26.3. The van der Waals surface area contributed by atoms with Crippen molar-refractivity contribution in [2.45, 2.75) is 26.0 Å². The Morgan fingerprint density at radius 2 is 1.71 bits per heavy atom. The summed E-state index contributed by atoms with van der Waals surface area (Å²) in [5, 5.41) is 7.02. The van der Waals surface area contributed by atoms with Crippen LogP contribution in [0.15, 0.2) is 90.1 Å². The molecule has 6 heteroatoms. The van der Waals surface area contributed by atoms with Crippen LogP contribution < -0.4 is 15.4 Å². The number of para-hydroxylation sites is 2. The molecule has 6 nitrogen and oxygen atoms in total. The smallest absolute Gasteiger partial charge is 0.316 e. The average molecular weight is 469 g/mol. The number of fused-ring (bicyclic) bond motifs is 1. The highest BCUT2D eigenvalue weighted by atomic mass is 16.5. The van der Waals surface area contributed by atoms with Crippen LogP contribution in [0, 0.1) is 11.8 Å². The fraction of sp³-hybridized carbons (Fsp3) is 0.241. The largest absolute Gasteiger partial charge is 0.489 e. The number of anilines is 2. The molecule has 178 valence electrons. The number of hydrogen-bond donors (Lipinski definition) is 2. The fourth-order valence-corrected chi connectivity index (χ4v) is 4.91. The van der Waals surface area contributed by atoms with Crippen LogP contribution in [-0.2, 0) is 20.9 Å². The summed E-state index contributed by atoms with van der Waals surface area (Å²) in [6.07, 6.45) is 0.567. The number of esters is 1. The highest BCUT2D eigenvalue weighted by Crippen LogP contribution is 2.44. The van der Waals surface area contributed by atoms with Gasteiger partial charge in [-0.3, -0.25) is 9.59 Å². The van der Waals surface area contributed by atoms with Gasteiger partial charge in [0.2, 0.25) is 0 Å². The number of hydrogen-bond acceptors (Lipinski definition) is 6. The molecule has 1 aliphatic heterocycles. The standard InChI is InChI=1S/C29H28N2O4/c1-18-15-24-26(28(32)25(18)29(33)34-2)27(31-23-14-7-6-13-22(23)30-24)20-11-8-12-21(16-20)35-17-19-9-4-3-5-10-19/h3-14,16,18,25,27,30-31H,15,17H2,1-2H3/t18-,25-,27-/m0/s1. The van der Waals surface area contributed by atoms with Gasteiger partial charge in [-0.05, 0) is 47.7 Å². The zero-order valence-electron chi connectivity index (χ0n) is 19.8. The molecule has 1 aliphatic carbocycles. The fourth-order valence-electron chi connectivity index (χ4n) is 4.91. The van der Waals surface area contributed by atoms with Crippen molar-refractivity contribution in [2.75, 3.05) is 17.7 Å². The van der Waals surface area contributed by atoms with Crippen molar-refractivity contribution in [2.24, 2.45) is 11.8 Å². The molecule has 0 spiro atoms. The third kappa shape index (κ3) is 4.52. The minimum absolute atomic E-state index is 0.173. The molecule has 2 aliphatic rings. The molecule has 0 saturated carbocycles. The van der Waals surface area contributed by atoms with E-state index in [4.69, 9.17) is 9.47 Å². The number of carbonyl (C=O) groups is 2. The molecule has 0 unspecified atom stereocenters. The molecule has 3 aromatic rings. The summed E-state index contributed by atoms with van der Waals surface area (Å²) < 4.78 is 11.1. The van der Waals surface area contributed by atoms with E-state index in [1.54, 1.807) is 0 Å². The van der Waals surface area contributed by atoms with E-state index >= 15 is 0 Å². The second-order valence-corrected chi connectivity index (χ2v) is 9.03. The number of rotatable bonds is 5. The van der Waals surface area contributed by atoms with Gasteiger partial charge in [-0.15, -0.1) is 0 Å². The van der Waals surface area contributed by atoms with E-state index in [1.807, 2.05) is 85.8 Å². The van der Waals surface area contributed by atoms with Gasteiger partial charge < -0.3 is 20.1 Å². The molecular weight excluding hydrogens is 440 g/mol. The molecule has 1 heterocycles. The molecule has 3 aromatic carbocycles. The molecule has 0 amide bonds. The van der Waals surface area contributed by atoms with Crippen molar-refractivity contribution >= 4 is 23.1 Å². The van der Waals surface area contributed by atoms with Crippen molar-refractivity contribution < 1.29 is 19.1 Å². The second kappa shape index (κ2) is 9.66.